The molecular weight excluding hydrogens is 544 g/mol. The molecular formula is C35H38N2O6. The average molecular weight is 583 g/mol. The zero-order chi connectivity index (χ0) is 29.9. The zero-order valence-electron chi connectivity index (χ0n) is 24.8. The molecule has 2 aliphatic rings. The van der Waals surface area contributed by atoms with Crippen molar-refractivity contribution in [1.29, 1.82) is 0 Å². The van der Waals surface area contributed by atoms with Crippen molar-refractivity contribution in [2.75, 3.05) is 34.4 Å². The molecule has 8 heteroatoms. The number of methoxy groups -OCH3 is 3. The maximum Gasteiger partial charge on any atom is 0.169 e. The van der Waals surface area contributed by atoms with E-state index in [1.54, 1.807) is 27.4 Å². The lowest BCUT2D eigenvalue weighted by atomic mass is 9.89. The first-order valence-electron chi connectivity index (χ1n) is 14.7. The molecule has 4 aromatic carbocycles. The van der Waals surface area contributed by atoms with E-state index in [-0.39, 0.29) is 23.6 Å². The fourth-order valence-corrected chi connectivity index (χ4v) is 6.21. The number of hydrogen-bond donors (Lipinski definition) is 4. The van der Waals surface area contributed by atoms with Crippen LogP contribution < -0.4 is 29.6 Å². The van der Waals surface area contributed by atoms with E-state index in [0.717, 1.165) is 67.0 Å². The van der Waals surface area contributed by atoms with Gasteiger partial charge in [0.15, 0.2) is 34.5 Å². The van der Waals surface area contributed by atoms with Crippen molar-refractivity contribution in [2.45, 2.75) is 37.8 Å². The predicted octanol–water partition coefficient (Wildman–Crippen LogP) is 5.77. The van der Waals surface area contributed by atoms with Gasteiger partial charge in [-0.2, -0.15) is 0 Å². The van der Waals surface area contributed by atoms with Crippen LogP contribution in [-0.4, -0.2) is 44.6 Å². The molecule has 6 rings (SSSR count). The summed E-state index contributed by atoms with van der Waals surface area (Å²) in [4.78, 5) is 0. The Morgan fingerprint density at radius 3 is 1.81 bits per heavy atom. The van der Waals surface area contributed by atoms with Gasteiger partial charge in [-0.15, -0.1) is 0 Å². The van der Waals surface area contributed by atoms with Gasteiger partial charge in [-0.1, -0.05) is 18.2 Å². The number of hydrogen-bond acceptors (Lipinski definition) is 8. The van der Waals surface area contributed by atoms with Crippen LogP contribution in [0.3, 0.4) is 0 Å². The lowest BCUT2D eigenvalue weighted by Crippen LogP contribution is -2.31. The number of phenolic OH excluding ortho intramolecular Hbond substituents is 2. The molecule has 0 aromatic heterocycles. The minimum absolute atomic E-state index is 0.0904. The monoisotopic (exact) mass is 582 g/mol. The first kappa shape index (κ1) is 28.7. The van der Waals surface area contributed by atoms with E-state index >= 15 is 0 Å². The largest absolute Gasteiger partial charge is 0.504 e. The third-order valence-electron chi connectivity index (χ3n) is 8.46. The Morgan fingerprint density at radius 2 is 1.16 bits per heavy atom. The average Bonchev–Trinajstić information content (AvgIpc) is 3.03. The van der Waals surface area contributed by atoms with Crippen molar-refractivity contribution in [3.8, 4) is 40.2 Å². The number of rotatable bonds is 9. The van der Waals surface area contributed by atoms with Crippen LogP contribution in [-0.2, 0) is 25.7 Å². The van der Waals surface area contributed by atoms with E-state index < -0.39 is 0 Å². The molecule has 43 heavy (non-hydrogen) atoms. The van der Waals surface area contributed by atoms with E-state index in [4.69, 9.17) is 18.9 Å². The maximum absolute atomic E-state index is 10.6. The summed E-state index contributed by atoms with van der Waals surface area (Å²) < 4.78 is 22.5. The molecule has 0 aliphatic carbocycles. The van der Waals surface area contributed by atoms with Crippen molar-refractivity contribution in [3.05, 3.63) is 100 Å². The Kier molecular flexibility index (Phi) is 8.31. The van der Waals surface area contributed by atoms with E-state index in [9.17, 15) is 10.2 Å². The molecule has 0 bridgehead atoms. The number of ether oxygens (including phenoxy) is 4. The van der Waals surface area contributed by atoms with Crippen molar-refractivity contribution in [2.24, 2.45) is 0 Å². The summed E-state index contributed by atoms with van der Waals surface area (Å²) in [6.45, 7) is 1.74. The highest BCUT2D eigenvalue weighted by atomic mass is 16.5. The Morgan fingerprint density at radius 1 is 0.605 bits per heavy atom. The van der Waals surface area contributed by atoms with Gasteiger partial charge in [-0.3, -0.25) is 0 Å². The maximum atomic E-state index is 10.6. The second-order valence-electron chi connectivity index (χ2n) is 11.1. The number of phenols is 2. The molecule has 0 radical (unpaired) electrons. The first-order valence-corrected chi connectivity index (χ1v) is 14.7. The molecule has 0 amide bonds. The fraction of sp³-hybridized carbons (Fsp3) is 0.314. The number of nitrogens with one attached hydrogen (secondary N) is 2. The van der Waals surface area contributed by atoms with Gasteiger partial charge in [-0.05, 0) is 121 Å². The van der Waals surface area contributed by atoms with Crippen molar-refractivity contribution in [3.63, 3.8) is 0 Å². The van der Waals surface area contributed by atoms with E-state index in [1.807, 2.05) is 48.5 Å². The van der Waals surface area contributed by atoms with Crippen LogP contribution in [0.25, 0.3) is 0 Å². The van der Waals surface area contributed by atoms with Gasteiger partial charge in [0.05, 0.1) is 21.3 Å². The Labute approximate surface area is 252 Å². The SMILES string of the molecule is COc1cc2c(cc1O)C(Cc1ccc(Oc3cc(CC4NCCc5cc(OC)c(OC)cc54)ccc3O)cc1)NCC2. The summed E-state index contributed by atoms with van der Waals surface area (Å²) in [7, 11) is 4.88. The first-order chi connectivity index (χ1) is 20.9. The van der Waals surface area contributed by atoms with Gasteiger partial charge in [0, 0.05) is 12.1 Å². The molecule has 2 unspecified atom stereocenters. The molecule has 2 atom stereocenters. The van der Waals surface area contributed by atoms with Crippen LogP contribution >= 0.6 is 0 Å². The highest BCUT2D eigenvalue weighted by Gasteiger charge is 2.24. The summed E-state index contributed by atoms with van der Waals surface area (Å²) in [5.74, 6) is 3.28. The van der Waals surface area contributed by atoms with Crippen LogP contribution in [0.1, 0.15) is 45.5 Å². The van der Waals surface area contributed by atoms with Crippen molar-refractivity contribution < 1.29 is 29.2 Å². The Hall–Kier alpha value is -4.40. The number of fused-ring (bicyclic) bond motifs is 2. The smallest absolute Gasteiger partial charge is 0.169 e. The molecule has 2 heterocycles. The van der Waals surface area contributed by atoms with Crippen molar-refractivity contribution in [1.82, 2.24) is 10.6 Å². The van der Waals surface area contributed by atoms with Gasteiger partial charge >= 0.3 is 0 Å². The zero-order valence-corrected chi connectivity index (χ0v) is 24.8. The molecule has 0 saturated heterocycles. The van der Waals surface area contributed by atoms with E-state index in [1.165, 1.54) is 16.7 Å². The number of benzene rings is 4. The van der Waals surface area contributed by atoms with Gasteiger partial charge in [-0.25, -0.2) is 0 Å². The molecule has 0 spiro atoms. The lowest BCUT2D eigenvalue weighted by molar-refractivity contribution is 0.352. The summed E-state index contributed by atoms with van der Waals surface area (Å²) in [6.07, 6.45) is 3.32. The molecule has 0 fully saturated rings. The van der Waals surface area contributed by atoms with Crippen LogP contribution in [0.2, 0.25) is 0 Å². The quantitative estimate of drug-likeness (QED) is 0.197. The minimum atomic E-state index is 0.0904. The molecule has 4 aromatic rings. The van der Waals surface area contributed by atoms with Crippen LogP contribution in [0.5, 0.6) is 40.2 Å². The van der Waals surface area contributed by atoms with E-state index in [0.29, 0.717) is 17.2 Å². The molecule has 8 nitrogen and oxygen atoms in total. The second-order valence-corrected chi connectivity index (χ2v) is 11.1. The van der Waals surface area contributed by atoms with Gasteiger partial charge < -0.3 is 39.8 Å². The van der Waals surface area contributed by atoms with Gasteiger partial charge in [0.2, 0.25) is 0 Å². The lowest BCUT2D eigenvalue weighted by Gasteiger charge is -2.28. The third-order valence-corrected chi connectivity index (χ3v) is 8.46. The normalized spacial score (nSPS) is 17.5. The van der Waals surface area contributed by atoms with Crippen LogP contribution in [0, 0.1) is 0 Å². The highest BCUT2D eigenvalue weighted by molar-refractivity contribution is 5.51. The Bertz CT molecular complexity index is 1600. The third kappa shape index (κ3) is 6.07. The summed E-state index contributed by atoms with van der Waals surface area (Å²) >= 11 is 0. The summed E-state index contributed by atoms with van der Waals surface area (Å²) in [6, 6.07) is 21.5. The van der Waals surface area contributed by atoms with Crippen LogP contribution in [0.15, 0.2) is 66.7 Å². The van der Waals surface area contributed by atoms with Crippen molar-refractivity contribution >= 4 is 0 Å². The topological polar surface area (TPSA) is 101 Å². The molecule has 4 N–H and O–H groups in total. The second kappa shape index (κ2) is 12.5. The van der Waals surface area contributed by atoms with E-state index in [2.05, 4.69) is 22.8 Å². The highest BCUT2D eigenvalue weighted by Crippen LogP contribution is 2.39. The fourth-order valence-electron chi connectivity index (χ4n) is 6.21. The summed E-state index contributed by atoms with van der Waals surface area (Å²) in [5.41, 5.74) is 6.92. The molecule has 0 saturated carbocycles. The minimum Gasteiger partial charge on any atom is -0.504 e. The summed E-state index contributed by atoms with van der Waals surface area (Å²) in [5, 5.41) is 28.1. The van der Waals surface area contributed by atoms with Gasteiger partial charge in [0.1, 0.15) is 5.75 Å². The van der Waals surface area contributed by atoms with Crippen LogP contribution in [0.4, 0.5) is 0 Å². The Balaban J connectivity index is 1.15. The number of aromatic hydroxyl groups is 2. The standard InChI is InChI=1S/C35H38N2O6/c1-40-32-17-23-10-12-36-28(26(23)19-31(32)39)14-21-4-7-25(8-5-21)43-33-16-22(6-9-30(33)38)15-29-27-20-35(42-3)34(41-2)18-24(27)11-13-37-29/h4-9,16-20,28-29,36-39H,10-15H2,1-3H3. The molecule has 224 valence electrons. The van der Waals surface area contributed by atoms with Gasteiger partial charge in [0.25, 0.3) is 0 Å². The predicted molar refractivity (Wildman–Crippen MR) is 165 cm³/mol. The molecule has 2 aliphatic heterocycles.